The van der Waals surface area contributed by atoms with Gasteiger partial charge in [-0.05, 0) is 17.5 Å². The third-order valence-corrected chi connectivity index (χ3v) is 3.50. The molecule has 0 fully saturated rings. The van der Waals surface area contributed by atoms with Crippen LogP contribution in [-0.4, -0.2) is 44.3 Å². The molecule has 0 radical (unpaired) electrons. The van der Waals surface area contributed by atoms with Crippen LogP contribution in [0.3, 0.4) is 0 Å². The molecule has 2 aromatic carbocycles. The number of carboxylic acid groups (broad SMARTS) is 4. The smallest absolute Gasteiger partial charge is 0.417 e. The van der Waals surface area contributed by atoms with Crippen molar-refractivity contribution in [2.45, 2.75) is 6.18 Å². The van der Waals surface area contributed by atoms with E-state index in [0.717, 1.165) is 0 Å². The first-order valence-electron chi connectivity index (χ1n) is 6.52. The van der Waals surface area contributed by atoms with Gasteiger partial charge in [0.1, 0.15) is 0 Å². The number of aromatic carboxylic acids is 4. The van der Waals surface area contributed by atoms with Gasteiger partial charge in [0.15, 0.2) is 0 Å². The molecule has 0 atom stereocenters. The summed E-state index contributed by atoms with van der Waals surface area (Å²) in [5.74, 6) is -7.79. The van der Waals surface area contributed by atoms with E-state index in [9.17, 15) is 47.7 Å². The zero-order valence-electron chi connectivity index (χ0n) is 12.3. The fourth-order valence-corrected chi connectivity index (χ4v) is 2.55. The van der Waals surface area contributed by atoms with E-state index in [1.54, 1.807) is 0 Å². The van der Waals surface area contributed by atoms with Crippen LogP contribution < -0.4 is 0 Å². The molecule has 136 valence electrons. The van der Waals surface area contributed by atoms with Crippen molar-refractivity contribution in [1.82, 2.24) is 0 Å². The summed E-state index contributed by atoms with van der Waals surface area (Å²) in [5.41, 5.74) is -6.27. The molecule has 8 nitrogen and oxygen atoms in total. The maximum absolute atomic E-state index is 13.1. The highest BCUT2D eigenvalue weighted by atomic mass is 19.4. The van der Waals surface area contributed by atoms with E-state index >= 15 is 0 Å². The van der Waals surface area contributed by atoms with Crippen molar-refractivity contribution in [3.63, 3.8) is 0 Å². The van der Waals surface area contributed by atoms with E-state index in [1.165, 1.54) is 0 Å². The Bertz CT molecular complexity index is 991. The first-order chi connectivity index (χ1) is 11.9. The van der Waals surface area contributed by atoms with Gasteiger partial charge in [-0.1, -0.05) is 6.07 Å². The molecule has 0 unspecified atom stereocenters. The molecule has 0 amide bonds. The maximum Gasteiger partial charge on any atom is 0.417 e. The van der Waals surface area contributed by atoms with Crippen molar-refractivity contribution in [1.29, 1.82) is 0 Å². The second kappa shape index (κ2) is 6.02. The molecule has 0 aromatic heterocycles. The third-order valence-electron chi connectivity index (χ3n) is 3.50. The summed E-state index contributed by atoms with van der Waals surface area (Å²) in [5, 5.41) is 34.9. The summed E-state index contributed by atoms with van der Waals surface area (Å²) in [7, 11) is 0. The minimum atomic E-state index is -5.17. The Labute approximate surface area is 140 Å². The van der Waals surface area contributed by atoms with Gasteiger partial charge in [0.2, 0.25) is 0 Å². The molecule has 4 N–H and O–H groups in total. The van der Waals surface area contributed by atoms with Crippen molar-refractivity contribution in [2.24, 2.45) is 0 Å². The lowest BCUT2D eigenvalue weighted by molar-refractivity contribution is -0.138. The second-order valence-electron chi connectivity index (χ2n) is 4.98. The Morgan fingerprint density at radius 1 is 0.731 bits per heavy atom. The number of alkyl halides is 3. The van der Waals surface area contributed by atoms with E-state index in [0.29, 0.717) is 12.1 Å². The van der Waals surface area contributed by atoms with Gasteiger partial charge >= 0.3 is 30.1 Å². The highest BCUT2D eigenvalue weighted by molar-refractivity contribution is 6.21. The lowest BCUT2D eigenvalue weighted by Gasteiger charge is -2.16. The molecule has 0 saturated heterocycles. The van der Waals surface area contributed by atoms with E-state index in [2.05, 4.69) is 0 Å². The summed E-state index contributed by atoms with van der Waals surface area (Å²) in [6.07, 6.45) is -5.17. The molecule has 0 spiro atoms. The molecule has 0 heterocycles. The Morgan fingerprint density at radius 2 is 1.23 bits per heavy atom. The van der Waals surface area contributed by atoms with E-state index in [-0.39, 0.29) is 6.07 Å². The minimum absolute atomic E-state index is 0.259. The van der Waals surface area contributed by atoms with Crippen LogP contribution in [0.1, 0.15) is 47.0 Å². The lowest BCUT2D eigenvalue weighted by atomic mass is 9.89. The zero-order valence-corrected chi connectivity index (χ0v) is 12.3. The highest BCUT2D eigenvalue weighted by Gasteiger charge is 2.38. The van der Waals surface area contributed by atoms with Crippen LogP contribution >= 0.6 is 0 Å². The molecular formula is C15H7F3O8. The van der Waals surface area contributed by atoms with Gasteiger partial charge in [-0.2, -0.15) is 13.2 Å². The predicted octanol–water partition coefficient (Wildman–Crippen LogP) is 2.65. The van der Waals surface area contributed by atoms with Crippen LogP contribution in [-0.2, 0) is 6.18 Å². The number of fused-ring (bicyclic) bond motifs is 1. The zero-order chi connectivity index (χ0) is 20.0. The molecule has 0 saturated carbocycles. The Balaban J connectivity index is 3.25. The van der Waals surface area contributed by atoms with Gasteiger partial charge in [0, 0.05) is 5.39 Å². The molecule has 0 bridgehead atoms. The van der Waals surface area contributed by atoms with Gasteiger partial charge in [-0.15, -0.1) is 0 Å². The Morgan fingerprint density at radius 3 is 1.62 bits per heavy atom. The quantitative estimate of drug-likeness (QED) is 0.640. The summed E-state index contributed by atoms with van der Waals surface area (Å²) in [6.45, 7) is 0. The molecule has 11 heteroatoms. The SMILES string of the molecule is O=C(O)c1cc(C(=O)O)c2c(C(=O)O)c(C(F)(F)F)ccc2c1C(=O)O. The molecule has 26 heavy (non-hydrogen) atoms. The highest BCUT2D eigenvalue weighted by Crippen LogP contribution is 2.38. The van der Waals surface area contributed by atoms with E-state index < -0.39 is 68.6 Å². The number of halogens is 3. The number of hydrogen-bond acceptors (Lipinski definition) is 4. The average molecular weight is 372 g/mol. The summed E-state index contributed by atoms with van der Waals surface area (Å²) in [4.78, 5) is 45.4. The first-order valence-corrected chi connectivity index (χ1v) is 6.52. The number of benzene rings is 2. The Hall–Kier alpha value is -3.63. The molecule has 0 aliphatic rings. The van der Waals surface area contributed by atoms with Crippen molar-refractivity contribution >= 4 is 34.6 Å². The summed E-state index contributed by atoms with van der Waals surface area (Å²) >= 11 is 0. The van der Waals surface area contributed by atoms with Gasteiger partial charge in [-0.25, -0.2) is 19.2 Å². The van der Waals surface area contributed by atoms with E-state index in [1.807, 2.05) is 0 Å². The largest absolute Gasteiger partial charge is 0.478 e. The van der Waals surface area contributed by atoms with Crippen molar-refractivity contribution in [3.8, 4) is 0 Å². The van der Waals surface area contributed by atoms with Crippen LogP contribution in [0.15, 0.2) is 18.2 Å². The molecule has 0 aliphatic carbocycles. The van der Waals surface area contributed by atoms with Crippen LogP contribution in [0.2, 0.25) is 0 Å². The number of carboxylic acids is 4. The van der Waals surface area contributed by atoms with Crippen LogP contribution in [0.4, 0.5) is 13.2 Å². The van der Waals surface area contributed by atoms with Gasteiger partial charge in [0.05, 0.1) is 27.8 Å². The molecule has 0 aliphatic heterocycles. The topological polar surface area (TPSA) is 149 Å². The maximum atomic E-state index is 13.1. The third kappa shape index (κ3) is 2.90. The average Bonchev–Trinajstić information content (AvgIpc) is 2.50. The predicted molar refractivity (Wildman–Crippen MR) is 76.8 cm³/mol. The standard InChI is InChI=1S/C15H7F3O8/c16-15(17,18)7-2-1-4-8(10(7)14(25)26)5(11(19)20)3-6(12(21)22)9(4)13(23)24/h1-3H,(H,19,20)(H,21,22)(H,23,24)(H,25,26). The molecular weight excluding hydrogens is 365 g/mol. The fourth-order valence-electron chi connectivity index (χ4n) is 2.55. The normalized spacial score (nSPS) is 11.3. The van der Waals surface area contributed by atoms with Crippen LogP contribution in [0, 0.1) is 0 Å². The molecule has 2 aromatic rings. The van der Waals surface area contributed by atoms with Crippen molar-refractivity contribution in [2.75, 3.05) is 0 Å². The first kappa shape index (κ1) is 18.7. The van der Waals surface area contributed by atoms with Gasteiger partial charge in [0.25, 0.3) is 0 Å². The van der Waals surface area contributed by atoms with E-state index in [4.69, 9.17) is 5.11 Å². The Kier molecular flexibility index (Phi) is 4.33. The van der Waals surface area contributed by atoms with Crippen LogP contribution in [0.5, 0.6) is 0 Å². The van der Waals surface area contributed by atoms with Crippen LogP contribution in [0.25, 0.3) is 10.8 Å². The molecule has 2 rings (SSSR count). The number of hydrogen-bond donors (Lipinski definition) is 4. The van der Waals surface area contributed by atoms with Gasteiger partial charge < -0.3 is 20.4 Å². The monoisotopic (exact) mass is 372 g/mol. The number of carbonyl (C=O) groups is 4. The number of rotatable bonds is 4. The van der Waals surface area contributed by atoms with Crippen molar-refractivity contribution in [3.05, 3.63) is 46.0 Å². The summed E-state index contributed by atoms with van der Waals surface area (Å²) < 4.78 is 39.3. The van der Waals surface area contributed by atoms with Gasteiger partial charge in [-0.3, -0.25) is 0 Å². The lowest BCUT2D eigenvalue weighted by Crippen LogP contribution is -2.18. The summed E-state index contributed by atoms with van der Waals surface area (Å²) in [6, 6.07) is 1.12. The second-order valence-corrected chi connectivity index (χ2v) is 4.98. The fraction of sp³-hybridized carbons (Fsp3) is 0.0667. The minimum Gasteiger partial charge on any atom is -0.478 e. The van der Waals surface area contributed by atoms with Crippen molar-refractivity contribution < 1.29 is 52.8 Å².